The summed E-state index contributed by atoms with van der Waals surface area (Å²) in [4.78, 5) is 12.9. The number of carbonyl (C=O) groups is 1. The first-order valence-electron chi connectivity index (χ1n) is 10.1. The highest BCUT2D eigenvalue weighted by Crippen LogP contribution is 2.55. The van der Waals surface area contributed by atoms with Crippen LogP contribution in [0.2, 0.25) is 5.02 Å². The number of halogens is 4. The van der Waals surface area contributed by atoms with E-state index >= 15 is 4.39 Å². The molecule has 2 aliphatic heterocycles. The Bertz CT molecular complexity index is 1140. The van der Waals surface area contributed by atoms with Gasteiger partial charge in [0.1, 0.15) is 11.1 Å². The highest BCUT2D eigenvalue weighted by Gasteiger charge is 2.58. The Balaban J connectivity index is 1.95. The lowest BCUT2D eigenvalue weighted by Crippen LogP contribution is -2.46. The molecule has 172 valence electrons. The van der Waals surface area contributed by atoms with E-state index in [0.29, 0.717) is 17.9 Å². The Hall–Kier alpha value is -1.46. The second kappa shape index (κ2) is 9.06. The van der Waals surface area contributed by atoms with E-state index in [-0.39, 0.29) is 30.1 Å². The minimum Gasteiger partial charge on any atom is -0.490 e. The number of carbonyl (C=O) groups excluding carboxylic acids is 1. The topological polar surface area (TPSA) is 69.7 Å². The van der Waals surface area contributed by atoms with Crippen LogP contribution < -0.4 is 4.74 Å². The van der Waals surface area contributed by atoms with Crippen molar-refractivity contribution in [1.29, 1.82) is 0 Å². The lowest BCUT2D eigenvalue weighted by molar-refractivity contribution is -0.150. The van der Waals surface area contributed by atoms with E-state index in [9.17, 15) is 17.6 Å². The van der Waals surface area contributed by atoms with Gasteiger partial charge in [-0.25, -0.2) is 17.2 Å². The van der Waals surface area contributed by atoms with Crippen LogP contribution in [-0.4, -0.2) is 32.0 Å². The van der Waals surface area contributed by atoms with Gasteiger partial charge < -0.3 is 9.47 Å². The molecule has 0 saturated carbocycles. The maximum Gasteiger partial charge on any atom is 0.312 e. The molecule has 32 heavy (non-hydrogen) atoms. The number of alkyl halides is 1. The number of hydrogen-bond donors (Lipinski definition) is 0. The third kappa shape index (κ3) is 3.90. The molecule has 0 amide bonds. The van der Waals surface area contributed by atoms with Gasteiger partial charge in [0.05, 0.1) is 29.1 Å². The average Bonchev–Trinajstić information content (AvgIpc) is 3.15. The molecule has 0 N–H and O–H groups in total. The zero-order chi connectivity index (χ0) is 23.1. The maximum absolute atomic E-state index is 15.1. The Labute approximate surface area is 203 Å². The Morgan fingerprint density at radius 1 is 1.09 bits per heavy atom. The molecular formula is C22H20ClF2IO5S. The Morgan fingerprint density at radius 3 is 2.41 bits per heavy atom. The molecule has 0 aliphatic carbocycles. The predicted octanol–water partition coefficient (Wildman–Crippen LogP) is 5.29. The van der Waals surface area contributed by atoms with Crippen molar-refractivity contribution in [2.45, 2.75) is 29.4 Å². The lowest BCUT2D eigenvalue weighted by Gasteiger charge is -2.42. The molecule has 2 aliphatic rings. The van der Waals surface area contributed by atoms with Crippen LogP contribution in [0.25, 0.3) is 0 Å². The van der Waals surface area contributed by atoms with Crippen molar-refractivity contribution < 1.29 is 31.5 Å². The lowest BCUT2D eigenvalue weighted by atomic mass is 9.68. The van der Waals surface area contributed by atoms with Gasteiger partial charge >= 0.3 is 5.97 Å². The summed E-state index contributed by atoms with van der Waals surface area (Å²) in [5, 5.41) is -1.19. The highest BCUT2D eigenvalue weighted by atomic mass is 127. The molecule has 5 nitrogen and oxygen atoms in total. The number of rotatable bonds is 6. The second-order valence-electron chi connectivity index (χ2n) is 7.94. The fraction of sp³-hybridized carbons (Fsp3) is 0.409. The molecule has 0 radical (unpaired) electrons. The molecule has 2 aromatic carbocycles. The zero-order valence-electron chi connectivity index (χ0n) is 16.8. The highest BCUT2D eigenvalue weighted by molar-refractivity contribution is 14.1. The van der Waals surface area contributed by atoms with Crippen LogP contribution in [0.4, 0.5) is 8.78 Å². The van der Waals surface area contributed by atoms with Gasteiger partial charge in [0.2, 0.25) is 0 Å². The van der Waals surface area contributed by atoms with E-state index in [0.717, 1.165) is 16.6 Å². The number of hydrogen-bond acceptors (Lipinski definition) is 5. The van der Waals surface area contributed by atoms with Gasteiger partial charge in [-0.05, 0) is 60.1 Å². The molecule has 4 rings (SSSR count). The van der Waals surface area contributed by atoms with Gasteiger partial charge in [-0.3, -0.25) is 4.79 Å². The van der Waals surface area contributed by atoms with E-state index in [4.69, 9.17) is 21.1 Å². The molecule has 10 heteroatoms. The van der Waals surface area contributed by atoms with Crippen molar-refractivity contribution >= 4 is 50.0 Å². The maximum atomic E-state index is 15.1. The molecule has 3 atom stereocenters. The number of esters is 1. The Kier molecular flexibility index (Phi) is 6.71. The predicted molar refractivity (Wildman–Crippen MR) is 123 cm³/mol. The quantitative estimate of drug-likeness (QED) is 0.258. The summed E-state index contributed by atoms with van der Waals surface area (Å²) < 4.78 is 69.0. The van der Waals surface area contributed by atoms with Crippen molar-refractivity contribution in [3.8, 4) is 5.75 Å². The standard InChI is InChI=1S/C22H20ClF2IO5S/c23-13-2-4-14(5-3-13)32(28,29)20-15(22(8-1-10-26)9-11-30-21(22)27)12-31-19-17(25)7-6-16(24)18(19)20/h2-7,15,20H,1,8-12H2. The first kappa shape index (κ1) is 23.7. The number of benzene rings is 2. The molecule has 1 fully saturated rings. The zero-order valence-corrected chi connectivity index (χ0v) is 20.6. The molecule has 3 unspecified atom stereocenters. The molecule has 2 heterocycles. The van der Waals surface area contributed by atoms with E-state index in [1.165, 1.54) is 24.3 Å². The second-order valence-corrected chi connectivity index (χ2v) is 11.5. The molecule has 1 saturated heterocycles. The summed E-state index contributed by atoms with van der Waals surface area (Å²) in [7, 11) is -4.26. The fourth-order valence-corrected chi connectivity index (χ4v) is 7.33. The SMILES string of the molecule is O=C1OCCC1(CCCI)C1COc2c(F)ccc(F)c2C1S(=O)(=O)c1ccc(Cl)cc1. The minimum absolute atomic E-state index is 0.0937. The van der Waals surface area contributed by atoms with Crippen molar-refractivity contribution in [2.24, 2.45) is 11.3 Å². The van der Waals surface area contributed by atoms with Crippen molar-refractivity contribution in [3.63, 3.8) is 0 Å². The third-order valence-electron chi connectivity index (χ3n) is 6.28. The molecule has 0 spiro atoms. The normalized spacial score (nSPS) is 25.2. The largest absolute Gasteiger partial charge is 0.490 e. The summed E-state index contributed by atoms with van der Waals surface area (Å²) in [5.41, 5.74) is -1.56. The van der Waals surface area contributed by atoms with Crippen LogP contribution >= 0.6 is 34.2 Å². The molecule has 0 aromatic heterocycles. The Morgan fingerprint density at radius 2 is 1.78 bits per heavy atom. The van der Waals surface area contributed by atoms with Crippen LogP contribution in [0.5, 0.6) is 5.75 Å². The van der Waals surface area contributed by atoms with Crippen LogP contribution in [-0.2, 0) is 19.4 Å². The van der Waals surface area contributed by atoms with E-state index < -0.39 is 49.8 Å². The van der Waals surface area contributed by atoms with Crippen LogP contribution in [0, 0.1) is 23.0 Å². The van der Waals surface area contributed by atoms with Gasteiger partial charge in [0.15, 0.2) is 21.4 Å². The third-order valence-corrected chi connectivity index (χ3v) is 9.46. The first-order chi connectivity index (χ1) is 15.2. The summed E-state index contributed by atoms with van der Waals surface area (Å²) >= 11 is 8.10. The van der Waals surface area contributed by atoms with Crippen LogP contribution in [0.1, 0.15) is 30.1 Å². The monoisotopic (exact) mass is 596 g/mol. The minimum atomic E-state index is -4.26. The first-order valence-corrected chi connectivity index (χ1v) is 13.5. The summed E-state index contributed by atoms with van der Waals surface area (Å²) in [6.45, 7) is -0.107. The van der Waals surface area contributed by atoms with E-state index in [2.05, 4.69) is 22.6 Å². The smallest absolute Gasteiger partial charge is 0.312 e. The molecular weight excluding hydrogens is 577 g/mol. The van der Waals surface area contributed by atoms with Crippen LogP contribution in [0.3, 0.4) is 0 Å². The summed E-state index contributed by atoms with van der Waals surface area (Å²) in [6.07, 6.45) is 1.29. The number of sulfone groups is 1. The van der Waals surface area contributed by atoms with Gasteiger partial charge in [-0.2, -0.15) is 0 Å². The van der Waals surface area contributed by atoms with Crippen molar-refractivity contribution in [3.05, 3.63) is 58.6 Å². The van der Waals surface area contributed by atoms with Gasteiger partial charge in [-0.1, -0.05) is 34.2 Å². The van der Waals surface area contributed by atoms with Gasteiger partial charge in [0, 0.05) is 10.9 Å². The van der Waals surface area contributed by atoms with E-state index in [1.54, 1.807) is 0 Å². The number of cyclic esters (lactones) is 1. The van der Waals surface area contributed by atoms with Gasteiger partial charge in [-0.15, -0.1) is 0 Å². The van der Waals surface area contributed by atoms with Crippen LogP contribution in [0.15, 0.2) is 41.3 Å². The average molecular weight is 597 g/mol. The molecule has 0 bridgehead atoms. The summed E-state index contributed by atoms with van der Waals surface area (Å²) in [6, 6.07) is 7.27. The fourth-order valence-electron chi connectivity index (χ4n) is 4.72. The van der Waals surface area contributed by atoms with E-state index in [1.807, 2.05) is 0 Å². The number of fused-ring (bicyclic) bond motifs is 1. The summed E-state index contributed by atoms with van der Waals surface area (Å²) in [5.74, 6) is -3.66. The number of ether oxygens (including phenoxy) is 2. The molecule has 2 aromatic rings. The van der Waals surface area contributed by atoms with Crippen molar-refractivity contribution in [2.75, 3.05) is 17.6 Å². The van der Waals surface area contributed by atoms with Crippen molar-refractivity contribution in [1.82, 2.24) is 0 Å². The van der Waals surface area contributed by atoms with Gasteiger partial charge in [0.25, 0.3) is 0 Å².